The van der Waals surface area contributed by atoms with Crippen LogP contribution in [0.2, 0.25) is 0 Å². The predicted octanol–water partition coefficient (Wildman–Crippen LogP) is 8.27. The van der Waals surface area contributed by atoms with E-state index >= 15 is 0 Å². The first kappa shape index (κ1) is 22.4. The molecule has 4 rings (SSSR count). The molecule has 31 heavy (non-hydrogen) atoms. The molecule has 0 saturated heterocycles. The molecule has 0 amide bonds. The maximum absolute atomic E-state index is 13.5. The lowest BCUT2D eigenvalue weighted by atomic mass is 9.67. The average Bonchev–Trinajstić information content (AvgIpc) is 2.81. The van der Waals surface area contributed by atoms with E-state index in [-0.39, 0.29) is 5.75 Å². The van der Waals surface area contributed by atoms with Gasteiger partial charge in [0.2, 0.25) is 0 Å². The zero-order chi connectivity index (χ0) is 21.6. The van der Waals surface area contributed by atoms with Gasteiger partial charge >= 0.3 is 0 Å². The predicted molar refractivity (Wildman–Crippen MR) is 127 cm³/mol. The van der Waals surface area contributed by atoms with Gasteiger partial charge in [-0.15, -0.1) is 0 Å². The van der Waals surface area contributed by atoms with Crippen molar-refractivity contribution in [3.05, 3.63) is 65.5 Å². The molecule has 1 nitrogen and oxygen atoms in total. The third-order valence-corrected chi connectivity index (χ3v) is 8.36. The van der Waals surface area contributed by atoms with Crippen LogP contribution in [-0.2, 0) is 6.42 Å². The van der Waals surface area contributed by atoms with E-state index in [0.29, 0.717) is 5.92 Å². The van der Waals surface area contributed by atoms with Gasteiger partial charge < -0.3 is 5.11 Å². The smallest absolute Gasteiger partial charge is 0.165 e. The molecule has 1 atom stereocenters. The van der Waals surface area contributed by atoms with Crippen molar-refractivity contribution in [2.75, 3.05) is 0 Å². The summed E-state index contributed by atoms with van der Waals surface area (Å²) in [5.41, 5.74) is 2.51. The first-order valence-corrected chi connectivity index (χ1v) is 12.6. The average molecular weight is 423 g/mol. The third-order valence-electron chi connectivity index (χ3n) is 8.36. The van der Waals surface area contributed by atoms with Gasteiger partial charge in [0.05, 0.1) is 0 Å². The molecule has 2 aliphatic rings. The number of hydrogen-bond donors (Lipinski definition) is 1. The number of rotatable bonds is 7. The molecule has 2 fully saturated rings. The van der Waals surface area contributed by atoms with E-state index in [0.717, 1.165) is 42.1 Å². The number of hydrogen-bond acceptors (Lipinski definition) is 1. The molecule has 0 spiro atoms. The van der Waals surface area contributed by atoms with Crippen LogP contribution in [0.1, 0.15) is 88.2 Å². The lowest BCUT2D eigenvalue weighted by molar-refractivity contribution is 0.139. The Hall–Kier alpha value is -1.83. The second kappa shape index (κ2) is 10.7. The minimum absolute atomic E-state index is 0.242. The Labute approximate surface area is 188 Å². The zero-order valence-electron chi connectivity index (χ0n) is 19.1. The minimum atomic E-state index is -0.491. The standard InChI is InChI=1S/C29H39FO/c1-21(25-5-3-2-4-6-25)19-23-11-16-27(17-12-23)26-14-9-22(10-15-26)7-8-24-13-18-29(31)28(30)20-24/h2-6,13,18,20-23,26-27,31H,7-12,14-17,19H2,1H3/t21-,22?,23?,26?,27?/m1/s1. The maximum atomic E-state index is 13.5. The van der Waals surface area contributed by atoms with Crippen molar-refractivity contribution in [1.29, 1.82) is 0 Å². The highest BCUT2D eigenvalue weighted by atomic mass is 19.1. The molecule has 0 aromatic heterocycles. The van der Waals surface area contributed by atoms with Gasteiger partial charge in [-0.2, -0.15) is 0 Å². The number of halogens is 1. The summed E-state index contributed by atoms with van der Waals surface area (Å²) in [6.07, 6.45) is 14.6. The van der Waals surface area contributed by atoms with Crippen molar-refractivity contribution in [3.8, 4) is 5.75 Å². The Bertz CT molecular complexity index is 801. The molecule has 0 radical (unpaired) electrons. The lowest BCUT2D eigenvalue weighted by Crippen LogP contribution is -2.26. The van der Waals surface area contributed by atoms with E-state index < -0.39 is 5.82 Å². The fraction of sp³-hybridized carbons (Fsp3) is 0.586. The summed E-state index contributed by atoms with van der Waals surface area (Å²) in [4.78, 5) is 0. The number of phenolic OH excluding ortho intramolecular Hbond substituents is 1. The molecule has 2 aliphatic carbocycles. The monoisotopic (exact) mass is 422 g/mol. The summed E-state index contributed by atoms with van der Waals surface area (Å²) in [6.45, 7) is 2.40. The van der Waals surface area contributed by atoms with Gasteiger partial charge in [-0.1, -0.05) is 69.0 Å². The Balaban J connectivity index is 1.16. The topological polar surface area (TPSA) is 20.2 Å². The van der Waals surface area contributed by atoms with Crippen LogP contribution in [0.4, 0.5) is 4.39 Å². The van der Waals surface area contributed by atoms with E-state index in [2.05, 4.69) is 37.3 Å². The Morgan fingerprint density at radius 3 is 2.06 bits per heavy atom. The summed E-state index contributed by atoms with van der Waals surface area (Å²) in [6, 6.07) is 15.9. The Morgan fingerprint density at radius 1 is 0.839 bits per heavy atom. The Kier molecular flexibility index (Phi) is 7.69. The highest BCUT2D eigenvalue weighted by Gasteiger charge is 2.31. The number of phenols is 1. The van der Waals surface area contributed by atoms with Gasteiger partial charge in [0, 0.05) is 0 Å². The van der Waals surface area contributed by atoms with Crippen molar-refractivity contribution >= 4 is 0 Å². The van der Waals surface area contributed by atoms with Crippen molar-refractivity contribution in [2.24, 2.45) is 23.7 Å². The zero-order valence-corrected chi connectivity index (χ0v) is 19.1. The van der Waals surface area contributed by atoms with Crippen molar-refractivity contribution in [1.82, 2.24) is 0 Å². The second-order valence-electron chi connectivity index (χ2n) is 10.4. The molecule has 2 aromatic carbocycles. The van der Waals surface area contributed by atoms with E-state index in [1.54, 1.807) is 0 Å². The second-order valence-corrected chi connectivity index (χ2v) is 10.4. The van der Waals surface area contributed by atoms with Crippen LogP contribution in [0.15, 0.2) is 48.5 Å². The third kappa shape index (κ3) is 6.11. The van der Waals surface area contributed by atoms with Crippen molar-refractivity contribution in [2.45, 2.75) is 83.5 Å². The van der Waals surface area contributed by atoms with Crippen molar-refractivity contribution < 1.29 is 9.50 Å². The van der Waals surface area contributed by atoms with Crippen LogP contribution in [0.3, 0.4) is 0 Å². The van der Waals surface area contributed by atoms with Crippen molar-refractivity contribution in [3.63, 3.8) is 0 Å². The summed E-state index contributed by atoms with van der Waals surface area (Å²) in [5, 5.41) is 9.35. The van der Waals surface area contributed by atoms with Crippen LogP contribution < -0.4 is 0 Å². The van der Waals surface area contributed by atoms with Crippen LogP contribution in [0, 0.1) is 29.5 Å². The summed E-state index contributed by atoms with van der Waals surface area (Å²) < 4.78 is 13.5. The lowest BCUT2D eigenvalue weighted by Gasteiger charge is -2.38. The molecule has 0 bridgehead atoms. The number of benzene rings is 2. The normalized spacial score (nSPS) is 27.7. The van der Waals surface area contributed by atoms with Crippen LogP contribution in [0.25, 0.3) is 0 Å². The summed E-state index contributed by atoms with van der Waals surface area (Å²) in [7, 11) is 0. The Morgan fingerprint density at radius 2 is 1.45 bits per heavy atom. The molecule has 2 aromatic rings. The van der Waals surface area contributed by atoms with Gasteiger partial charge in [0.1, 0.15) is 0 Å². The van der Waals surface area contributed by atoms with Gasteiger partial charge in [-0.05, 0) is 97.8 Å². The summed E-state index contributed by atoms with van der Waals surface area (Å²) in [5.74, 6) is 3.54. The fourth-order valence-corrected chi connectivity index (χ4v) is 6.34. The first-order chi connectivity index (χ1) is 15.1. The molecule has 168 valence electrons. The molecule has 0 heterocycles. The molecular weight excluding hydrogens is 383 g/mol. The fourth-order valence-electron chi connectivity index (χ4n) is 6.34. The van der Waals surface area contributed by atoms with E-state index in [4.69, 9.17) is 0 Å². The molecule has 2 heteroatoms. The van der Waals surface area contributed by atoms with E-state index in [9.17, 15) is 9.50 Å². The van der Waals surface area contributed by atoms with E-state index in [1.165, 1.54) is 75.5 Å². The highest BCUT2D eigenvalue weighted by Crippen LogP contribution is 2.44. The first-order valence-electron chi connectivity index (χ1n) is 12.6. The van der Waals surface area contributed by atoms with Gasteiger partial charge in [0.15, 0.2) is 11.6 Å². The summed E-state index contributed by atoms with van der Waals surface area (Å²) >= 11 is 0. The highest BCUT2D eigenvalue weighted by molar-refractivity contribution is 5.28. The number of aryl methyl sites for hydroxylation is 1. The van der Waals surface area contributed by atoms with Crippen LogP contribution in [0.5, 0.6) is 5.75 Å². The molecule has 0 aliphatic heterocycles. The van der Waals surface area contributed by atoms with Gasteiger partial charge in [-0.25, -0.2) is 4.39 Å². The van der Waals surface area contributed by atoms with E-state index in [1.807, 2.05) is 6.07 Å². The van der Waals surface area contributed by atoms with Gasteiger partial charge in [-0.3, -0.25) is 0 Å². The molecular formula is C29H39FO. The largest absolute Gasteiger partial charge is 0.505 e. The maximum Gasteiger partial charge on any atom is 0.165 e. The molecule has 1 N–H and O–H groups in total. The molecule has 0 unspecified atom stereocenters. The van der Waals surface area contributed by atoms with Crippen LogP contribution >= 0.6 is 0 Å². The molecule has 2 saturated carbocycles. The number of aromatic hydroxyl groups is 1. The quantitative estimate of drug-likeness (QED) is 0.476. The SMILES string of the molecule is C[C@H](CC1CCC(C2CCC(CCc3ccc(O)c(F)c3)CC2)CC1)c1ccccc1. The minimum Gasteiger partial charge on any atom is -0.505 e. The van der Waals surface area contributed by atoms with Gasteiger partial charge in [0.25, 0.3) is 0 Å². The van der Waals surface area contributed by atoms with Crippen LogP contribution in [-0.4, -0.2) is 5.11 Å².